The van der Waals surface area contributed by atoms with Crippen LogP contribution in [-0.4, -0.2) is 24.5 Å². The topological polar surface area (TPSA) is 69.6 Å². The van der Waals surface area contributed by atoms with Gasteiger partial charge in [0.05, 0.1) is 11.0 Å². The van der Waals surface area contributed by atoms with Crippen LogP contribution in [0, 0.1) is 0 Å². The van der Waals surface area contributed by atoms with E-state index in [2.05, 4.69) is 120 Å². The Morgan fingerprint density at radius 1 is 0.404 bits per heavy atom. The summed E-state index contributed by atoms with van der Waals surface area (Å²) in [6.07, 6.45) is 0. The summed E-state index contributed by atoms with van der Waals surface area (Å²) in [6, 6.07) is 60.0. The first-order chi connectivity index (χ1) is 25.8. The van der Waals surface area contributed by atoms with Crippen molar-refractivity contribution in [1.29, 1.82) is 0 Å². The third-order valence-corrected chi connectivity index (χ3v) is 9.48. The van der Waals surface area contributed by atoms with Crippen LogP contribution in [-0.2, 0) is 0 Å². The molecule has 6 nitrogen and oxygen atoms in total. The highest BCUT2D eigenvalue weighted by molar-refractivity contribution is 6.15. The zero-order valence-electron chi connectivity index (χ0n) is 27.9. The van der Waals surface area contributed by atoms with Crippen molar-refractivity contribution < 1.29 is 4.42 Å². The predicted molar refractivity (Wildman–Crippen MR) is 209 cm³/mol. The fourth-order valence-electron chi connectivity index (χ4n) is 7.05. The standard InChI is InChI=1S/C46H29N5O/c1-4-14-30(15-5-1)32-18-12-19-33(28-32)43-48-44(34-26-27-38-41(29-34)52-46(47-38)31-16-6-2-7-17-31)50-45(49-43)37-23-13-25-40-42(37)36-22-10-11-24-39(36)51(40)35-20-8-3-9-21-35/h1-29H. The van der Waals surface area contributed by atoms with Gasteiger partial charge < -0.3 is 8.98 Å². The van der Waals surface area contributed by atoms with E-state index in [0.717, 1.165) is 66.4 Å². The fourth-order valence-corrected chi connectivity index (χ4v) is 7.05. The van der Waals surface area contributed by atoms with Gasteiger partial charge in [-0.3, -0.25) is 0 Å². The lowest BCUT2D eigenvalue weighted by molar-refractivity contribution is 0.620. The van der Waals surface area contributed by atoms with Crippen LogP contribution in [0.25, 0.3) is 95.3 Å². The van der Waals surface area contributed by atoms with E-state index < -0.39 is 0 Å². The molecule has 0 radical (unpaired) electrons. The molecule has 0 atom stereocenters. The number of benzene rings is 7. The summed E-state index contributed by atoms with van der Waals surface area (Å²) in [5.74, 6) is 2.30. The molecule has 0 aliphatic carbocycles. The summed E-state index contributed by atoms with van der Waals surface area (Å²) >= 11 is 0. The maximum atomic E-state index is 6.28. The van der Waals surface area contributed by atoms with E-state index in [-0.39, 0.29) is 0 Å². The normalized spacial score (nSPS) is 11.5. The minimum atomic E-state index is 0.550. The molecule has 3 aromatic heterocycles. The number of rotatable bonds is 6. The van der Waals surface area contributed by atoms with Crippen molar-refractivity contribution in [2.45, 2.75) is 0 Å². The molecule has 0 saturated carbocycles. The smallest absolute Gasteiger partial charge is 0.227 e. The average Bonchev–Trinajstić information content (AvgIpc) is 3.81. The van der Waals surface area contributed by atoms with Gasteiger partial charge in [0.2, 0.25) is 5.89 Å². The van der Waals surface area contributed by atoms with Crippen molar-refractivity contribution in [3.8, 4) is 62.4 Å². The van der Waals surface area contributed by atoms with Crippen molar-refractivity contribution >= 4 is 32.9 Å². The van der Waals surface area contributed by atoms with Gasteiger partial charge in [-0.25, -0.2) is 19.9 Å². The van der Waals surface area contributed by atoms with Crippen LogP contribution < -0.4 is 0 Å². The Kier molecular flexibility index (Phi) is 7.03. The summed E-state index contributed by atoms with van der Waals surface area (Å²) in [5.41, 5.74) is 10.5. The first-order valence-corrected chi connectivity index (χ1v) is 17.2. The Balaban J connectivity index is 1.20. The second-order valence-corrected chi connectivity index (χ2v) is 12.7. The number of fused-ring (bicyclic) bond motifs is 4. The van der Waals surface area contributed by atoms with Gasteiger partial charge in [0, 0.05) is 38.7 Å². The molecule has 6 heteroatoms. The van der Waals surface area contributed by atoms with Crippen LogP contribution in [0.1, 0.15) is 0 Å². The lowest BCUT2D eigenvalue weighted by Gasteiger charge is -2.11. The Labute approximate surface area is 299 Å². The van der Waals surface area contributed by atoms with E-state index in [0.29, 0.717) is 28.9 Å². The minimum Gasteiger partial charge on any atom is -0.436 e. The number of aromatic nitrogens is 5. The van der Waals surface area contributed by atoms with Crippen LogP contribution in [0.4, 0.5) is 0 Å². The van der Waals surface area contributed by atoms with Gasteiger partial charge in [-0.2, -0.15) is 0 Å². The van der Waals surface area contributed by atoms with Gasteiger partial charge in [-0.15, -0.1) is 0 Å². The molecule has 0 aliphatic heterocycles. The van der Waals surface area contributed by atoms with Crippen molar-refractivity contribution in [3.05, 3.63) is 176 Å². The maximum absolute atomic E-state index is 6.28. The van der Waals surface area contributed by atoms with Crippen LogP contribution in [0.15, 0.2) is 180 Å². The fraction of sp³-hybridized carbons (Fsp3) is 0. The Bertz CT molecular complexity index is 2900. The van der Waals surface area contributed by atoms with E-state index in [1.165, 1.54) is 0 Å². The highest BCUT2D eigenvalue weighted by Crippen LogP contribution is 2.39. The first-order valence-electron chi connectivity index (χ1n) is 17.2. The second-order valence-electron chi connectivity index (χ2n) is 12.7. The van der Waals surface area contributed by atoms with Gasteiger partial charge in [0.15, 0.2) is 23.1 Å². The van der Waals surface area contributed by atoms with Crippen molar-refractivity contribution in [2.75, 3.05) is 0 Å². The number of para-hydroxylation sites is 2. The van der Waals surface area contributed by atoms with Crippen molar-refractivity contribution in [1.82, 2.24) is 24.5 Å². The molecule has 52 heavy (non-hydrogen) atoms. The molecule has 0 amide bonds. The van der Waals surface area contributed by atoms with Gasteiger partial charge in [-0.05, 0) is 71.8 Å². The molecule has 0 fully saturated rings. The van der Waals surface area contributed by atoms with E-state index in [9.17, 15) is 0 Å². The van der Waals surface area contributed by atoms with E-state index in [1.54, 1.807) is 0 Å². The molecular formula is C46H29N5O. The summed E-state index contributed by atoms with van der Waals surface area (Å²) in [5, 5.41) is 2.21. The van der Waals surface area contributed by atoms with Gasteiger partial charge in [0.1, 0.15) is 5.52 Å². The average molecular weight is 668 g/mol. The minimum absolute atomic E-state index is 0.550. The molecule has 7 aromatic carbocycles. The quantitative estimate of drug-likeness (QED) is 0.176. The summed E-state index contributed by atoms with van der Waals surface area (Å²) in [4.78, 5) is 20.3. The lowest BCUT2D eigenvalue weighted by Crippen LogP contribution is -2.01. The summed E-state index contributed by atoms with van der Waals surface area (Å²) in [7, 11) is 0. The Hall–Kier alpha value is -7.18. The molecule has 244 valence electrons. The Morgan fingerprint density at radius 2 is 1.00 bits per heavy atom. The van der Waals surface area contributed by atoms with E-state index in [1.807, 2.05) is 60.7 Å². The molecule has 0 spiro atoms. The molecule has 0 saturated heterocycles. The number of hydrogen-bond donors (Lipinski definition) is 0. The lowest BCUT2D eigenvalue weighted by atomic mass is 10.0. The number of oxazole rings is 1. The van der Waals surface area contributed by atoms with Gasteiger partial charge in [0.25, 0.3) is 0 Å². The Morgan fingerprint density at radius 3 is 1.79 bits per heavy atom. The molecule has 10 rings (SSSR count). The zero-order valence-corrected chi connectivity index (χ0v) is 27.9. The molecule has 10 aromatic rings. The molecule has 3 heterocycles. The maximum Gasteiger partial charge on any atom is 0.227 e. The van der Waals surface area contributed by atoms with E-state index >= 15 is 0 Å². The van der Waals surface area contributed by atoms with Crippen LogP contribution in [0.2, 0.25) is 0 Å². The first kappa shape index (κ1) is 29.7. The largest absolute Gasteiger partial charge is 0.436 e. The molecule has 0 aliphatic rings. The van der Waals surface area contributed by atoms with Crippen molar-refractivity contribution in [2.24, 2.45) is 0 Å². The second kappa shape index (κ2) is 12.3. The van der Waals surface area contributed by atoms with Gasteiger partial charge in [-0.1, -0.05) is 115 Å². The SMILES string of the molecule is c1ccc(-c2cccc(-c3nc(-c4ccc5nc(-c6ccccc6)oc5c4)nc(-c4cccc5c4c4ccccc4n5-c4ccccc4)n3)c2)cc1. The molecule has 0 bridgehead atoms. The zero-order chi connectivity index (χ0) is 34.4. The molecular weight excluding hydrogens is 639 g/mol. The highest BCUT2D eigenvalue weighted by atomic mass is 16.3. The van der Waals surface area contributed by atoms with Crippen LogP contribution >= 0.6 is 0 Å². The predicted octanol–water partition coefficient (Wildman–Crippen LogP) is 11.4. The molecule has 0 N–H and O–H groups in total. The third kappa shape index (κ3) is 5.13. The monoisotopic (exact) mass is 667 g/mol. The van der Waals surface area contributed by atoms with Gasteiger partial charge >= 0.3 is 0 Å². The number of nitrogens with zero attached hydrogens (tertiary/aromatic N) is 5. The summed E-state index contributed by atoms with van der Waals surface area (Å²) in [6.45, 7) is 0. The van der Waals surface area contributed by atoms with Crippen molar-refractivity contribution in [3.63, 3.8) is 0 Å². The summed E-state index contributed by atoms with van der Waals surface area (Å²) < 4.78 is 8.58. The third-order valence-electron chi connectivity index (χ3n) is 9.48. The van der Waals surface area contributed by atoms with E-state index in [4.69, 9.17) is 24.4 Å². The van der Waals surface area contributed by atoms with Crippen LogP contribution in [0.5, 0.6) is 0 Å². The highest BCUT2D eigenvalue weighted by Gasteiger charge is 2.20. The number of hydrogen-bond acceptors (Lipinski definition) is 5. The van der Waals surface area contributed by atoms with Crippen LogP contribution in [0.3, 0.4) is 0 Å². The molecule has 0 unspecified atom stereocenters.